The SMILES string of the molecule is CCc1ccc(CCCCc2ccccc2)cc1-c1ccc(O)c2c1C[C@]1(C)C[C@]3(C)C(C(C)C)C(O)=C(C(C)=O)C(=O)[C@]3(O)C(O)=C1C2=O. The van der Waals surface area contributed by atoms with Crippen LogP contribution in [0.15, 0.2) is 83.3 Å². The van der Waals surface area contributed by atoms with Crippen LogP contribution in [0.3, 0.4) is 0 Å². The van der Waals surface area contributed by atoms with Crippen molar-refractivity contribution in [3.05, 3.63) is 111 Å². The van der Waals surface area contributed by atoms with Gasteiger partial charge in [-0.15, -0.1) is 0 Å². The molecule has 4 N–H and O–H groups in total. The van der Waals surface area contributed by atoms with E-state index in [4.69, 9.17) is 0 Å². The molecular weight excluding hydrogens is 628 g/mol. The summed E-state index contributed by atoms with van der Waals surface area (Å²) in [7, 11) is 0. The number of phenolic OH excluding ortho intramolecular Hbond substituents is 1. The summed E-state index contributed by atoms with van der Waals surface area (Å²) in [6.07, 6.45) is 5.01. The summed E-state index contributed by atoms with van der Waals surface area (Å²) < 4.78 is 0. The molecule has 0 aromatic heterocycles. The average molecular weight is 677 g/mol. The van der Waals surface area contributed by atoms with Crippen molar-refractivity contribution in [2.45, 2.75) is 92.1 Å². The average Bonchev–Trinajstić information content (AvgIpc) is 3.05. The summed E-state index contributed by atoms with van der Waals surface area (Å²) >= 11 is 0. The van der Waals surface area contributed by atoms with Crippen LogP contribution in [0.1, 0.15) is 93.4 Å². The van der Waals surface area contributed by atoms with Gasteiger partial charge in [-0.05, 0) is 97.2 Å². The molecule has 7 nitrogen and oxygen atoms in total. The zero-order chi connectivity index (χ0) is 36.3. The number of benzene rings is 3. The Labute approximate surface area is 294 Å². The number of aryl methyl sites for hydroxylation is 3. The van der Waals surface area contributed by atoms with E-state index < -0.39 is 56.8 Å². The molecule has 0 radical (unpaired) electrons. The fourth-order valence-corrected chi connectivity index (χ4v) is 9.63. The lowest BCUT2D eigenvalue weighted by Crippen LogP contribution is -2.67. The van der Waals surface area contributed by atoms with Crippen molar-refractivity contribution in [1.82, 2.24) is 0 Å². The highest BCUT2D eigenvalue weighted by molar-refractivity contribution is 6.25. The number of carbonyl (C=O) groups is 3. The number of aliphatic hydroxyl groups is 3. The number of Topliss-reactive ketones (excluding diaryl/α,β-unsaturated/α-hetero) is 3. The fraction of sp³-hybridized carbons (Fsp3) is 0.419. The number of allylic oxidation sites excluding steroid dienone is 2. The number of rotatable bonds is 9. The molecule has 4 atom stereocenters. The number of aromatic hydroxyl groups is 1. The second-order valence-electron chi connectivity index (χ2n) is 15.5. The first-order valence-electron chi connectivity index (χ1n) is 17.8. The molecule has 1 unspecified atom stereocenters. The third-order valence-electron chi connectivity index (χ3n) is 11.8. The molecule has 3 aliphatic rings. The van der Waals surface area contributed by atoms with E-state index in [1.807, 2.05) is 32.9 Å². The van der Waals surface area contributed by atoms with Gasteiger partial charge in [-0.25, -0.2) is 0 Å². The number of hydrogen-bond acceptors (Lipinski definition) is 7. The number of ketones is 3. The van der Waals surface area contributed by atoms with Gasteiger partial charge in [-0.3, -0.25) is 14.4 Å². The van der Waals surface area contributed by atoms with Crippen LogP contribution in [-0.4, -0.2) is 43.4 Å². The Kier molecular flexibility index (Phi) is 8.96. The Bertz CT molecular complexity index is 1970. The molecule has 3 aromatic carbocycles. The van der Waals surface area contributed by atoms with Crippen molar-refractivity contribution in [3.8, 4) is 16.9 Å². The summed E-state index contributed by atoms with van der Waals surface area (Å²) in [5.74, 6) is -5.14. The molecule has 3 aromatic rings. The zero-order valence-corrected chi connectivity index (χ0v) is 29.9. The predicted octanol–water partition coefficient (Wildman–Crippen LogP) is 8.14. The maximum atomic E-state index is 14.6. The first kappa shape index (κ1) is 35.3. The lowest BCUT2D eigenvalue weighted by atomic mass is 9.44. The Balaban J connectivity index is 1.45. The van der Waals surface area contributed by atoms with Crippen molar-refractivity contribution in [2.24, 2.45) is 22.7 Å². The fourth-order valence-electron chi connectivity index (χ4n) is 9.63. The van der Waals surface area contributed by atoms with Gasteiger partial charge in [0.1, 0.15) is 22.8 Å². The molecule has 0 aliphatic heterocycles. The highest BCUT2D eigenvalue weighted by Gasteiger charge is 2.71. The topological polar surface area (TPSA) is 132 Å². The number of carbonyl (C=O) groups excluding carboxylic acids is 3. The van der Waals surface area contributed by atoms with E-state index in [0.29, 0.717) is 5.56 Å². The standard InChI is InChI=1S/C43H48O7/c1-7-28-18-17-27(16-12-11-15-26-13-9-8-10-14-26)21-30(28)29-19-20-32(45)34-31(29)22-41(5)23-42(6)35(24(2)3)37(46)33(25(4)44)39(48)43(42,50)40(49)36(41)38(34)47/h8-10,13-14,17-21,24,35,45-46,49-50H,7,11-12,15-16,22-23H2,1-6H3/t35?,41-,42-,43+/m1/s1. The predicted molar refractivity (Wildman–Crippen MR) is 193 cm³/mol. The highest BCUT2D eigenvalue weighted by Crippen LogP contribution is 2.65. The largest absolute Gasteiger partial charge is 0.511 e. The van der Waals surface area contributed by atoms with Gasteiger partial charge in [-0.1, -0.05) is 89.2 Å². The minimum absolute atomic E-state index is 0.0397. The van der Waals surface area contributed by atoms with Crippen LogP contribution in [-0.2, 0) is 35.3 Å². The third-order valence-corrected chi connectivity index (χ3v) is 11.8. The minimum Gasteiger partial charge on any atom is -0.511 e. The molecule has 0 saturated carbocycles. The van der Waals surface area contributed by atoms with E-state index >= 15 is 0 Å². The molecule has 3 aliphatic carbocycles. The molecular formula is C43H48O7. The third kappa shape index (κ3) is 5.24. The van der Waals surface area contributed by atoms with Crippen molar-refractivity contribution in [2.75, 3.05) is 0 Å². The van der Waals surface area contributed by atoms with Crippen LogP contribution in [0.5, 0.6) is 5.75 Å². The monoisotopic (exact) mass is 676 g/mol. The molecule has 0 bridgehead atoms. The number of hydrogen-bond donors (Lipinski definition) is 4. The smallest absolute Gasteiger partial charge is 0.209 e. The van der Waals surface area contributed by atoms with Gasteiger partial charge in [-0.2, -0.15) is 0 Å². The molecule has 7 heteroatoms. The first-order chi connectivity index (χ1) is 23.6. The van der Waals surface area contributed by atoms with E-state index in [0.717, 1.165) is 55.7 Å². The number of unbranched alkanes of at least 4 members (excludes halogenated alkanes) is 1. The minimum atomic E-state index is -2.63. The van der Waals surface area contributed by atoms with E-state index in [1.165, 1.54) is 17.2 Å². The van der Waals surface area contributed by atoms with Crippen LogP contribution in [0.4, 0.5) is 0 Å². The van der Waals surface area contributed by atoms with Crippen LogP contribution >= 0.6 is 0 Å². The summed E-state index contributed by atoms with van der Waals surface area (Å²) in [4.78, 5) is 41.2. The lowest BCUT2D eigenvalue weighted by Gasteiger charge is -2.59. The Morgan fingerprint density at radius 1 is 0.900 bits per heavy atom. The van der Waals surface area contributed by atoms with Gasteiger partial charge in [0.05, 0.1) is 5.56 Å². The number of phenols is 1. The van der Waals surface area contributed by atoms with Crippen molar-refractivity contribution < 1.29 is 34.8 Å². The van der Waals surface area contributed by atoms with Crippen LogP contribution in [0.2, 0.25) is 0 Å². The normalized spacial score (nSPS) is 26.2. The molecule has 0 fully saturated rings. The van der Waals surface area contributed by atoms with Crippen LogP contribution in [0.25, 0.3) is 11.1 Å². The molecule has 50 heavy (non-hydrogen) atoms. The van der Waals surface area contributed by atoms with E-state index in [2.05, 4.69) is 49.4 Å². The van der Waals surface area contributed by atoms with E-state index in [1.54, 1.807) is 6.92 Å². The quantitative estimate of drug-likeness (QED) is 0.133. The molecule has 262 valence electrons. The van der Waals surface area contributed by atoms with E-state index in [-0.39, 0.29) is 35.6 Å². The second-order valence-corrected chi connectivity index (χ2v) is 15.5. The van der Waals surface area contributed by atoms with Crippen molar-refractivity contribution in [1.29, 1.82) is 0 Å². The summed E-state index contributed by atoms with van der Waals surface area (Å²) in [6, 6.07) is 20.3. The number of fused-ring (bicyclic) bond motifs is 3. The Morgan fingerprint density at radius 2 is 1.56 bits per heavy atom. The molecule has 6 rings (SSSR count). The summed E-state index contributed by atoms with van der Waals surface area (Å²) in [5, 5.41) is 47.0. The summed E-state index contributed by atoms with van der Waals surface area (Å²) in [5.41, 5.74) is 0.213. The van der Waals surface area contributed by atoms with E-state index in [9.17, 15) is 34.8 Å². The van der Waals surface area contributed by atoms with Crippen LogP contribution < -0.4 is 0 Å². The maximum absolute atomic E-state index is 14.6. The molecule has 0 spiro atoms. The van der Waals surface area contributed by atoms with Gasteiger partial charge in [0.15, 0.2) is 17.2 Å². The number of aliphatic hydroxyl groups excluding tert-OH is 2. The molecule has 0 saturated heterocycles. The second kappa shape index (κ2) is 12.7. The zero-order valence-electron chi connectivity index (χ0n) is 29.9. The van der Waals surface area contributed by atoms with Gasteiger partial charge >= 0.3 is 0 Å². The Morgan fingerprint density at radius 3 is 2.18 bits per heavy atom. The summed E-state index contributed by atoms with van der Waals surface area (Å²) in [6.45, 7) is 10.4. The van der Waals surface area contributed by atoms with Gasteiger partial charge in [0, 0.05) is 22.3 Å². The molecule has 0 amide bonds. The maximum Gasteiger partial charge on any atom is 0.209 e. The van der Waals surface area contributed by atoms with Gasteiger partial charge < -0.3 is 20.4 Å². The van der Waals surface area contributed by atoms with Gasteiger partial charge in [0.25, 0.3) is 0 Å². The molecule has 0 heterocycles. The first-order valence-corrected chi connectivity index (χ1v) is 17.8. The highest BCUT2D eigenvalue weighted by atomic mass is 16.3. The van der Waals surface area contributed by atoms with Crippen molar-refractivity contribution in [3.63, 3.8) is 0 Å². The lowest BCUT2D eigenvalue weighted by molar-refractivity contribution is -0.171. The van der Waals surface area contributed by atoms with Crippen LogP contribution in [0, 0.1) is 22.7 Å². The Hall–Kier alpha value is -4.49. The van der Waals surface area contributed by atoms with Gasteiger partial charge in [0.2, 0.25) is 5.78 Å². The van der Waals surface area contributed by atoms with Crippen molar-refractivity contribution >= 4 is 17.3 Å².